The fourth-order valence-corrected chi connectivity index (χ4v) is 4.40. The van der Waals surface area contributed by atoms with Crippen molar-refractivity contribution in [1.29, 1.82) is 0 Å². The summed E-state index contributed by atoms with van der Waals surface area (Å²) in [6, 6.07) is 10.9. The largest absolute Gasteiger partial charge is 0.495 e. The maximum atomic E-state index is 12.8. The zero-order valence-electron chi connectivity index (χ0n) is 19.5. The van der Waals surface area contributed by atoms with E-state index in [1.165, 1.54) is 25.3 Å². The van der Waals surface area contributed by atoms with Gasteiger partial charge >= 0.3 is 0 Å². The number of nitrogens with one attached hydrogen (secondary N) is 2. The van der Waals surface area contributed by atoms with Crippen molar-refractivity contribution in [3.05, 3.63) is 53.9 Å². The Hall–Kier alpha value is -3.24. The molecule has 0 saturated heterocycles. The highest BCUT2D eigenvalue weighted by atomic mass is 32.2. The molecule has 0 saturated carbocycles. The highest BCUT2D eigenvalue weighted by molar-refractivity contribution is 7.89. The lowest BCUT2D eigenvalue weighted by Gasteiger charge is -2.14. The number of carbonyl (C=O) groups excluding carboxylic acids is 1. The van der Waals surface area contributed by atoms with Crippen LogP contribution in [0.1, 0.15) is 50.9 Å². The first-order valence-corrected chi connectivity index (χ1v) is 11.9. The third-order valence-electron chi connectivity index (χ3n) is 4.57. The number of benzene rings is 2. The summed E-state index contributed by atoms with van der Waals surface area (Å²) in [6.45, 7) is 9.37. The molecule has 0 unspecified atom stereocenters. The standard InChI is InChI=1S/C23H28N4O5S/c1-14(2)27-33(29,30)19-13-16(9-12-18(19)31-6)21(28)24-17-10-7-15(8-11-17)20-25-22(32-26-20)23(3,4)5/h7-14,27H,1-6H3,(H,24,28). The van der Waals surface area contributed by atoms with Gasteiger partial charge in [-0.3, -0.25) is 4.79 Å². The highest BCUT2D eigenvalue weighted by Gasteiger charge is 2.23. The zero-order valence-corrected chi connectivity index (χ0v) is 20.3. The maximum absolute atomic E-state index is 12.8. The molecule has 2 aromatic carbocycles. The van der Waals surface area contributed by atoms with E-state index in [9.17, 15) is 13.2 Å². The number of carbonyl (C=O) groups is 1. The normalized spacial score (nSPS) is 12.1. The number of rotatable bonds is 7. The smallest absolute Gasteiger partial charge is 0.255 e. The van der Waals surface area contributed by atoms with Crippen LogP contribution in [0.15, 0.2) is 51.9 Å². The Labute approximate surface area is 193 Å². The Bertz CT molecular complexity index is 1240. The fraction of sp³-hybridized carbons (Fsp3) is 0.348. The lowest BCUT2D eigenvalue weighted by molar-refractivity contribution is 0.102. The fourth-order valence-electron chi connectivity index (χ4n) is 2.95. The average Bonchev–Trinajstić information content (AvgIpc) is 3.24. The van der Waals surface area contributed by atoms with E-state index in [0.717, 1.165) is 5.56 Å². The van der Waals surface area contributed by atoms with Crippen LogP contribution >= 0.6 is 0 Å². The number of amides is 1. The van der Waals surface area contributed by atoms with E-state index >= 15 is 0 Å². The van der Waals surface area contributed by atoms with E-state index in [0.29, 0.717) is 17.4 Å². The van der Waals surface area contributed by atoms with Crippen molar-refractivity contribution in [2.45, 2.75) is 51.0 Å². The molecule has 9 nitrogen and oxygen atoms in total. The molecule has 176 valence electrons. The predicted octanol–water partition coefficient (Wildman–Crippen LogP) is 3.98. The molecular weight excluding hydrogens is 444 g/mol. The Morgan fingerprint density at radius 2 is 1.76 bits per heavy atom. The topological polar surface area (TPSA) is 123 Å². The SMILES string of the molecule is COc1ccc(C(=O)Nc2ccc(-c3noc(C(C)(C)C)n3)cc2)cc1S(=O)(=O)NC(C)C. The molecule has 0 spiro atoms. The summed E-state index contributed by atoms with van der Waals surface area (Å²) in [4.78, 5) is 17.1. The maximum Gasteiger partial charge on any atom is 0.255 e. The molecule has 0 radical (unpaired) electrons. The summed E-state index contributed by atoms with van der Waals surface area (Å²) in [5, 5.41) is 6.78. The lowest BCUT2D eigenvalue weighted by atomic mass is 9.97. The first-order chi connectivity index (χ1) is 15.4. The Morgan fingerprint density at radius 1 is 1.09 bits per heavy atom. The summed E-state index contributed by atoms with van der Waals surface area (Å²) in [5.41, 5.74) is 1.19. The zero-order chi connectivity index (χ0) is 24.4. The van der Waals surface area contributed by atoms with Gasteiger partial charge < -0.3 is 14.6 Å². The lowest BCUT2D eigenvalue weighted by Crippen LogP contribution is -2.30. The number of sulfonamides is 1. The van der Waals surface area contributed by atoms with Crippen LogP contribution in [0, 0.1) is 0 Å². The second-order valence-electron chi connectivity index (χ2n) is 8.85. The van der Waals surface area contributed by atoms with Gasteiger partial charge in [0.2, 0.25) is 21.7 Å². The number of hydrogen-bond acceptors (Lipinski definition) is 7. The van der Waals surface area contributed by atoms with Gasteiger partial charge in [0.25, 0.3) is 5.91 Å². The van der Waals surface area contributed by atoms with Crippen molar-refractivity contribution in [3.63, 3.8) is 0 Å². The van der Waals surface area contributed by atoms with Gasteiger partial charge in [-0.15, -0.1) is 0 Å². The van der Waals surface area contributed by atoms with Gasteiger partial charge in [0.1, 0.15) is 10.6 Å². The van der Waals surface area contributed by atoms with Crippen LogP contribution in [0.3, 0.4) is 0 Å². The van der Waals surface area contributed by atoms with Gasteiger partial charge in [-0.2, -0.15) is 4.98 Å². The molecule has 33 heavy (non-hydrogen) atoms. The van der Waals surface area contributed by atoms with E-state index in [4.69, 9.17) is 9.26 Å². The molecule has 2 N–H and O–H groups in total. The molecule has 0 aliphatic carbocycles. The van der Waals surface area contributed by atoms with E-state index in [1.807, 2.05) is 20.8 Å². The minimum atomic E-state index is -3.85. The summed E-state index contributed by atoms with van der Waals surface area (Å²) in [7, 11) is -2.48. The average molecular weight is 473 g/mol. The summed E-state index contributed by atoms with van der Waals surface area (Å²) in [5.74, 6) is 0.687. The van der Waals surface area contributed by atoms with E-state index in [-0.39, 0.29) is 27.7 Å². The van der Waals surface area contributed by atoms with Crippen LogP contribution in [0.4, 0.5) is 5.69 Å². The van der Waals surface area contributed by atoms with Crippen LogP contribution in [0.5, 0.6) is 5.75 Å². The van der Waals surface area contributed by atoms with Crippen molar-refractivity contribution in [1.82, 2.24) is 14.9 Å². The molecule has 0 aliphatic heterocycles. The minimum Gasteiger partial charge on any atom is -0.495 e. The summed E-state index contributed by atoms with van der Waals surface area (Å²) >= 11 is 0. The van der Waals surface area contributed by atoms with Crippen molar-refractivity contribution in [3.8, 4) is 17.1 Å². The monoisotopic (exact) mass is 472 g/mol. The minimum absolute atomic E-state index is 0.103. The van der Waals surface area contributed by atoms with Gasteiger partial charge in [0, 0.05) is 28.3 Å². The Balaban J connectivity index is 1.80. The van der Waals surface area contributed by atoms with Crippen LogP contribution < -0.4 is 14.8 Å². The van der Waals surface area contributed by atoms with Gasteiger partial charge in [-0.1, -0.05) is 25.9 Å². The van der Waals surface area contributed by atoms with Crippen molar-refractivity contribution < 1.29 is 22.5 Å². The van der Waals surface area contributed by atoms with Crippen LogP contribution in [0.2, 0.25) is 0 Å². The molecule has 3 aromatic rings. The molecule has 10 heteroatoms. The third-order valence-corrected chi connectivity index (χ3v) is 6.25. The molecule has 0 atom stereocenters. The molecule has 3 rings (SSSR count). The quantitative estimate of drug-likeness (QED) is 0.533. The number of nitrogens with zero attached hydrogens (tertiary/aromatic N) is 2. The van der Waals surface area contributed by atoms with Gasteiger partial charge in [-0.05, 0) is 56.3 Å². The van der Waals surface area contributed by atoms with E-state index < -0.39 is 15.9 Å². The van der Waals surface area contributed by atoms with Crippen molar-refractivity contribution in [2.75, 3.05) is 12.4 Å². The Morgan fingerprint density at radius 3 is 2.30 bits per heavy atom. The van der Waals surface area contributed by atoms with Gasteiger partial charge in [-0.25, -0.2) is 13.1 Å². The van der Waals surface area contributed by atoms with Crippen LogP contribution in [-0.4, -0.2) is 37.6 Å². The first kappa shape index (κ1) is 24.4. The highest BCUT2D eigenvalue weighted by Crippen LogP contribution is 2.27. The van der Waals surface area contributed by atoms with Crippen LogP contribution in [-0.2, 0) is 15.4 Å². The predicted molar refractivity (Wildman–Crippen MR) is 125 cm³/mol. The Kier molecular flexibility index (Phi) is 6.89. The summed E-state index contributed by atoms with van der Waals surface area (Å²) < 4.78 is 38.3. The van der Waals surface area contributed by atoms with Crippen LogP contribution in [0.25, 0.3) is 11.4 Å². The molecule has 0 bridgehead atoms. The van der Waals surface area contributed by atoms with Gasteiger partial charge in [0.15, 0.2) is 0 Å². The first-order valence-electron chi connectivity index (χ1n) is 10.4. The molecule has 0 aliphatic rings. The third kappa shape index (κ3) is 5.77. The molecular formula is C23H28N4O5S. The molecule has 1 heterocycles. The number of ether oxygens (including phenoxy) is 1. The number of methoxy groups -OCH3 is 1. The molecule has 1 aromatic heterocycles. The van der Waals surface area contributed by atoms with E-state index in [2.05, 4.69) is 20.2 Å². The second-order valence-corrected chi connectivity index (χ2v) is 10.5. The second kappa shape index (κ2) is 9.32. The summed E-state index contributed by atoms with van der Waals surface area (Å²) in [6.07, 6.45) is 0. The molecule has 0 fully saturated rings. The van der Waals surface area contributed by atoms with E-state index in [1.54, 1.807) is 38.1 Å². The molecule has 1 amide bonds. The number of hydrogen-bond donors (Lipinski definition) is 2. The van der Waals surface area contributed by atoms with Crippen molar-refractivity contribution >= 4 is 21.6 Å². The number of anilines is 1. The van der Waals surface area contributed by atoms with Crippen molar-refractivity contribution in [2.24, 2.45) is 0 Å². The van der Waals surface area contributed by atoms with Gasteiger partial charge in [0.05, 0.1) is 7.11 Å². The number of aromatic nitrogens is 2.